The van der Waals surface area contributed by atoms with Crippen LogP contribution in [0.1, 0.15) is 18.4 Å². The van der Waals surface area contributed by atoms with Crippen molar-refractivity contribution in [3.8, 4) is 0 Å². The van der Waals surface area contributed by atoms with Crippen molar-refractivity contribution in [3.63, 3.8) is 0 Å². The van der Waals surface area contributed by atoms with Crippen molar-refractivity contribution in [1.29, 1.82) is 0 Å². The van der Waals surface area contributed by atoms with Crippen LogP contribution in [0.2, 0.25) is 0 Å². The number of aromatic nitrogens is 5. The lowest BCUT2D eigenvalue weighted by molar-refractivity contribution is -0.138. The van der Waals surface area contributed by atoms with Crippen LogP contribution in [0.4, 0.5) is 29.5 Å². The molecule has 0 aromatic carbocycles. The minimum absolute atomic E-state index is 0.0655. The molecule has 3 aromatic rings. The van der Waals surface area contributed by atoms with Crippen molar-refractivity contribution in [2.45, 2.75) is 25.1 Å². The molecule has 174 valence electrons. The average molecular weight is 462 g/mol. The predicted molar refractivity (Wildman–Crippen MR) is 113 cm³/mol. The van der Waals surface area contributed by atoms with Gasteiger partial charge in [-0.1, -0.05) is 0 Å². The molecule has 3 aromatic heterocycles. The summed E-state index contributed by atoms with van der Waals surface area (Å²) in [5, 5.41) is 9.02. The van der Waals surface area contributed by atoms with Gasteiger partial charge in [-0.05, 0) is 18.9 Å². The molecule has 2 N–H and O–H groups in total. The smallest absolute Gasteiger partial charge is 0.354 e. The van der Waals surface area contributed by atoms with Gasteiger partial charge in [0.2, 0.25) is 0 Å². The Labute approximate surface area is 185 Å². The third-order valence-corrected chi connectivity index (χ3v) is 6.48. The number of nitrogens with one attached hydrogen (secondary N) is 2. The molecule has 1 aliphatic carbocycles. The molecule has 0 unspecified atom stereocenters. The molecule has 5 rings (SSSR count). The minimum Gasteiger partial charge on any atom is -0.354 e. The Morgan fingerprint density at radius 2 is 2.03 bits per heavy atom. The Hall–Kier alpha value is -3.64. The Morgan fingerprint density at radius 1 is 1.30 bits per heavy atom. The minimum atomic E-state index is -4.63. The van der Waals surface area contributed by atoms with E-state index in [4.69, 9.17) is 0 Å². The monoisotopic (exact) mass is 462 g/mol. The lowest BCUT2D eigenvalue weighted by Crippen LogP contribution is -2.67. The normalized spacial score (nSPS) is 17.7. The first-order valence-electron chi connectivity index (χ1n) is 10.3. The number of pyridine rings is 1. The van der Waals surface area contributed by atoms with E-state index in [9.17, 15) is 22.8 Å². The van der Waals surface area contributed by atoms with Crippen molar-refractivity contribution >= 4 is 28.7 Å². The van der Waals surface area contributed by atoms with Gasteiger partial charge in [-0.2, -0.15) is 18.3 Å². The van der Waals surface area contributed by atoms with E-state index in [1.807, 2.05) is 0 Å². The van der Waals surface area contributed by atoms with E-state index in [1.54, 1.807) is 19.4 Å². The molecular weight excluding hydrogens is 441 g/mol. The summed E-state index contributed by atoms with van der Waals surface area (Å²) in [5.41, 5.74) is -0.727. The molecule has 1 spiro atoms. The number of carbonyl (C=O) groups excluding carboxylic acids is 1. The molecule has 1 aliphatic heterocycles. The van der Waals surface area contributed by atoms with Gasteiger partial charge in [0.05, 0.1) is 18.0 Å². The zero-order chi connectivity index (χ0) is 23.5. The highest BCUT2D eigenvalue weighted by molar-refractivity contribution is 5.89. The molecule has 33 heavy (non-hydrogen) atoms. The molecule has 10 nitrogen and oxygen atoms in total. The van der Waals surface area contributed by atoms with Crippen LogP contribution in [0.5, 0.6) is 0 Å². The summed E-state index contributed by atoms with van der Waals surface area (Å²) < 4.78 is 40.0. The molecule has 2 amide bonds. The third-order valence-electron chi connectivity index (χ3n) is 6.48. The first kappa shape index (κ1) is 21.2. The molecule has 13 heteroatoms. The number of nitrogens with zero attached hydrogens (tertiary/aromatic N) is 6. The standard InChI is InChI=1S/C20H21F3N8O2/c1-29-8-11(20(21,22)23)3-13(17(29)32)27-18(33)30(2)12-4-19(5-12)9-31(10-19)15-7-24-16-14(26-15)6-25-28-16/h3,6-8,12H,4-5,9-10H2,1-2H3,(H,27,33)(H,24,25,28). The van der Waals surface area contributed by atoms with Crippen LogP contribution in [0, 0.1) is 5.41 Å². The fraction of sp³-hybridized carbons (Fsp3) is 0.450. The molecule has 4 heterocycles. The van der Waals surface area contributed by atoms with E-state index in [-0.39, 0.29) is 11.5 Å². The number of hydrogen-bond acceptors (Lipinski definition) is 6. The number of anilines is 2. The number of aryl methyl sites for hydroxylation is 1. The molecule has 0 radical (unpaired) electrons. The number of amides is 2. The van der Waals surface area contributed by atoms with Crippen molar-refractivity contribution in [2.24, 2.45) is 12.5 Å². The van der Waals surface area contributed by atoms with Gasteiger partial charge < -0.3 is 19.7 Å². The van der Waals surface area contributed by atoms with Crippen molar-refractivity contribution in [1.82, 2.24) is 29.6 Å². The summed E-state index contributed by atoms with van der Waals surface area (Å²) >= 11 is 0. The van der Waals surface area contributed by atoms with E-state index >= 15 is 0 Å². The van der Waals surface area contributed by atoms with Gasteiger partial charge in [-0.25, -0.2) is 14.8 Å². The molecule has 1 saturated heterocycles. The van der Waals surface area contributed by atoms with Gasteiger partial charge in [0.1, 0.15) is 17.0 Å². The maximum atomic E-state index is 13.1. The maximum Gasteiger partial charge on any atom is 0.417 e. The highest BCUT2D eigenvalue weighted by atomic mass is 19.4. The lowest BCUT2D eigenvalue weighted by Gasteiger charge is -2.60. The topological polar surface area (TPSA) is 112 Å². The number of urea groups is 1. The quantitative estimate of drug-likeness (QED) is 0.617. The maximum absolute atomic E-state index is 13.1. The van der Waals surface area contributed by atoms with Gasteiger partial charge in [0.25, 0.3) is 5.56 Å². The van der Waals surface area contributed by atoms with E-state index in [1.165, 1.54) is 11.9 Å². The second kappa shape index (κ2) is 7.18. The highest BCUT2D eigenvalue weighted by Gasteiger charge is 2.54. The van der Waals surface area contributed by atoms with Gasteiger partial charge in [-0.15, -0.1) is 0 Å². The van der Waals surface area contributed by atoms with Crippen molar-refractivity contribution in [2.75, 3.05) is 30.4 Å². The number of hydrogen-bond donors (Lipinski definition) is 2. The number of rotatable bonds is 3. The number of aromatic amines is 1. The van der Waals surface area contributed by atoms with Crippen LogP contribution in [0.15, 0.2) is 29.5 Å². The molecule has 2 aliphatic rings. The van der Waals surface area contributed by atoms with Crippen LogP contribution < -0.4 is 15.8 Å². The number of H-pyrrole nitrogens is 1. The summed E-state index contributed by atoms with van der Waals surface area (Å²) in [6.45, 7) is 1.57. The van der Waals surface area contributed by atoms with E-state index < -0.39 is 29.0 Å². The summed E-state index contributed by atoms with van der Waals surface area (Å²) in [4.78, 5) is 37.2. The lowest BCUT2D eigenvalue weighted by atomic mass is 9.60. The van der Waals surface area contributed by atoms with Crippen molar-refractivity contribution in [3.05, 3.63) is 40.6 Å². The van der Waals surface area contributed by atoms with Gasteiger partial charge in [-0.3, -0.25) is 9.89 Å². The second-order valence-corrected chi connectivity index (χ2v) is 8.85. The third kappa shape index (κ3) is 3.66. The summed E-state index contributed by atoms with van der Waals surface area (Å²) in [5.74, 6) is 0.768. The van der Waals surface area contributed by atoms with Crippen molar-refractivity contribution < 1.29 is 18.0 Å². The zero-order valence-corrected chi connectivity index (χ0v) is 17.8. The highest BCUT2D eigenvalue weighted by Crippen LogP contribution is 2.51. The number of alkyl halides is 3. The molecule has 0 bridgehead atoms. The first-order chi connectivity index (χ1) is 15.5. The van der Waals surface area contributed by atoms with E-state index in [0.29, 0.717) is 23.4 Å². The van der Waals surface area contributed by atoms with Crippen LogP contribution in [0.25, 0.3) is 11.2 Å². The summed E-state index contributed by atoms with van der Waals surface area (Å²) in [6, 6.07) is -0.0131. The van der Waals surface area contributed by atoms with Crippen LogP contribution in [0.3, 0.4) is 0 Å². The Bertz CT molecular complexity index is 1290. The van der Waals surface area contributed by atoms with Crippen LogP contribution >= 0.6 is 0 Å². The summed E-state index contributed by atoms with van der Waals surface area (Å²) in [6.07, 6.45) is 0.907. The van der Waals surface area contributed by atoms with E-state index in [0.717, 1.165) is 36.3 Å². The average Bonchev–Trinajstić information content (AvgIpc) is 3.16. The largest absolute Gasteiger partial charge is 0.417 e. The fourth-order valence-electron chi connectivity index (χ4n) is 4.60. The van der Waals surface area contributed by atoms with Gasteiger partial charge in [0, 0.05) is 44.8 Å². The zero-order valence-electron chi connectivity index (χ0n) is 17.8. The fourth-order valence-corrected chi connectivity index (χ4v) is 4.60. The van der Waals surface area contributed by atoms with Gasteiger partial charge in [0.15, 0.2) is 5.65 Å². The Kier molecular flexibility index (Phi) is 4.62. The van der Waals surface area contributed by atoms with Crippen LogP contribution in [-0.4, -0.2) is 61.8 Å². The second-order valence-electron chi connectivity index (χ2n) is 8.85. The van der Waals surface area contributed by atoms with Gasteiger partial charge >= 0.3 is 12.2 Å². The van der Waals surface area contributed by atoms with Crippen LogP contribution in [-0.2, 0) is 13.2 Å². The summed E-state index contributed by atoms with van der Waals surface area (Å²) in [7, 11) is 2.79. The number of halogens is 3. The first-order valence-corrected chi connectivity index (χ1v) is 10.3. The Balaban J connectivity index is 1.19. The molecule has 2 fully saturated rings. The SMILES string of the molecule is CN(C(=O)Nc1cc(C(F)(F)F)cn(C)c1=O)C1CC2(C1)CN(c1cnc3[nH]ncc3n1)C2. The molecule has 0 atom stereocenters. The predicted octanol–water partition coefficient (Wildman–Crippen LogP) is 2.20. The molecular formula is C20H21F3N8O2. The molecule has 1 saturated carbocycles. The Morgan fingerprint density at radius 3 is 2.73 bits per heavy atom. The van der Waals surface area contributed by atoms with E-state index in [2.05, 4.69) is 30.4 Å². The number of fused-ring (bicyclic) bond motifs is 1. The number of carbonyl (C=O) groups is 1.